The molecular formula is C15H20N6. The Bertz CT molecular complexity index is 656. The van der Waals surface area contributed by atoms with Gasteiger partial charge in [-0.15, -0.1) is 0 Å². The summed E-state index contributed by atoms with van der Waals surface area (Å²) in [5.74, 6) is 0.426. The van der Waals surface area contributed by atoms with E-state index in [2.05, 4.69) is 27.9 Å². The van der Waals surface area contributed by atoms with Crippen LogP contribution in [0.5, 0.6) is 0 Å². The topological polar surface area (TPSA) is 83.8 Å². The molecule has 21 heavy (non-hydrogen) atoms. The lowest BCUT2D eigenvalue weighted by atomic mass is 10.2. The number of nitrogens with one attached hydrogen (secondary N) is 1. The van der Waals surface area contributed by atoms with Crippen LogP contribution in [-0.4, -0.2) is 27.4 Å². The fourth-order valence-corrected chi connectivity index (χ4v) is 2.20. The Balaban J connectivity index is 2.46. The predicted molar refractivity (Wildman–Crippen MR) is 85.1 cm³/mol. The molecule has 0 fully saturated rings. The molecule has 0 atom stereocenters. The number of allylic oxidation sites excluding steroid dienone is 1. The first-order valence-corrected chi connectivity index (χ1v) is 6.76. The third kappa shape index (κ3) is 2.94. The number of rotatable bonds is 5. The summed E-state index contributed by atoms with van der Waals surface area (Å²) in [6.07, 6.45) is 8.31. The van der Waals surface area contributed by atoms with Crippen molar-refractivity contribution in [3.63, 3.8) is 0 Å². The molecule has 0 aliphatic rings. The number of aromatic nitrogens is 3. The van der Waals surface area contributed by atoms with Gasteiger partial charge in [-0.2, -0.15) is 0 Å². The molecular weight excluding hydrogens is 264 g/mol. The van der Waals surface area contributed by atoms with Crippen molar-refractivity contribution < 1.29 is 0 Å². The number of amidine groups is 1. The summed E-state index contributed by atoms with van der Waals surface area (Å²) in [7, 11) is 3.85. The first-order chi connectivity index (χ1) is 10.1. The number of imidazole rings is 1. The van der Waals surface area contributed by atoms with E-state index in [1.54, 1.807) is 12.4 Å². The number of nitrogens with two attached hydrogens (primary N) is 1. The summed E-state index contributed by atoms with van der Waals surface area (Å²) >= 11 is 0. The van der Waals surface area contributed by atoms with Crippen molar-refractivity contribution in [3.8, 4) is 0 Å². The van der Waals surface area contributed by atoms with E-state index < -0.39 is 0 Å². The Morgan fingerprint density at radius 2 is 2.24 bits per heavy atom. The van der Waals surface area contributed by atoms with Crippen LogP contribution in [0.25, 0.3) is 5.70 Å². The molecule has 6 nitrogen and oxygen atoms in total. The Hall–Kier alpha value is -2.63. The van der Waals surface area contributed by atoms with Crippen LogP contribution in [0.4, 0.5) is 5.69 Å². The highest BCUT2D eigenvalue weighted by atomic mass is 15.2. The molecule has 0 saturated carbocycles. The molecule has 0 aliphatic heterocycles. The first-order valence-electron chi connectivity index (χ1n) is 6.76. The maximum Gasteiger partial charge on any atom is 0.175 e. The van der Waals surface area contributed by atoms with Crippen LogP contribution >= 0.6 is 0 Å². The molecule has 2 aromatic heterocycles. The lowest BCUT2D eigenvalue weighted by Crippen LogP contribution is -2.20. The number of nitrogen functional groups attached to an aromatic ring is 1. The maximum absolute atomic E-state index is 7.56. The SMILES string of the molecule is CCC=C(c1cnc(C(=N)N)n1C)N(C)c1cccnc1. The van der Waals surface area contributed by atoms with Gasteiger partial charge < -0.3 is 15.2 Å². The van der Waals surface area contributed by atoms with Gasteiger partial charge in [0, 0.05) is 20.3 Å². The molecule has 0 spiro atoms. The molecule has 0 unspecified atom stereocenters. The third-order valence-corrected chi connectivity index (χ3v) is 3.28. The molecule has 0 amide bonds. The van der Waals surface area contributed by atoms with E-state index in [9.17, 15) is 0 Å². The molecule has 110 valence electrons. The van der Waals surface area contributed by atoms with E-state index in [4.69, 9.17) is 11.1 Å². The van der Waals surface area contributed by atoms with E-state index in [0.717, 1.165) is 23.5 Å². The maximum atomic E-state index is 7.56. The fraction of sp³-hybridized carbons (Fsp3) is 0.267. The van der Waals surface area contributed by atoms with Crippen LogP contribution in [0, 0.1) is 5.41 Å². The summed E-state index contributed by atoms with van der Waals surface area (Å²) in [5.41, 5.74) is 8.45. The number of nitrogens with zero attached hydrogens (tertiary/aromatic N) is 4. The minimum absolute atomic E-state index is 0.0383. The molecule has 6 heteroatoms. The lowest BCUT2D eigenvalue weighted by Gasteiger charge is -2.23. The number of hydrogen-bond acceptors (Lipinski definition) is 4. The summed E-state index contributed by atoms with van der Waals surface area (Å²) in [4.78, 5) is 10.4. The molecule has 3 N–H and O–H groups in total. The highest BCUT2D eigenvalue weighted by molar-refractivity contribution is 5.92. The molecule has 0 radical (unpaired) electrons. The van der Waals surface area contributed by atoms with Crippen LogP contribution in [0.3, 0.4) is 0 Å². The van der Waals surface area contributed by atoms with Gasteiger partial charge in [-0.3, -0.25) is 10.4 Å². The van der Waals surface area contributed by atoms with E-state index in [0.29, 0.717) is 5.82 Å². The minimum atomic E-state index is -0.0383. The summed E-state index contributed by atoms with van der Waals surface area (Å²) in [6.45, 7) is 2.08. The smallest absolute Gasteiger partial charge is 0.175 e. The van der Waals surface area contributed by atoms with Gasteiger partial charge in [0.25, 0.3) is 0 Å². The van der Waals surface area contributed by atoms with Crippen molar-refractivity contribution in [1.82, 2.24) is 14.5 Å². The van der Waals surface area contributed by atoms with E-state index in [-0.39, 0.29) is 5.84 Å². The molecule has 2 heterocycles. The van der Waals surface area contributed by atoms with Crippen molar-refractivity contribution >= 4 is 17.2 Å². The van der Waals surface area contributed by atoms with Gasteiger partial charge in [0.05, 0.1) is 29.5 Å². The third-order valence-electron chi connectivity index (χ3n) is 3.28. The quantitative estimate of drug-likeness (QED) is 0.649. The average Bonchev–Trinajstić information content (AvgIpc) is 2.87. The molecule has 0 aliphatic carbocycles. The van der Waals surface area contributed by atoms with Gasteiger partial charge >= 0.3 is 0 Å². The van der Waals surface area contributed by atoms with E-state index >= 15 is 0 Å². The molecule has 0 bridgehead atoms. The van der Waals surface area contributed by atoms with Gasteiger partial charge in [0.2, 0.25) is 0 Å². The van der Waals surface area contributed by atoms with Gasteiger partial charge in [-0.25, -0.2) is 4.98 Å². The zero-order chi connectivity index (χ0) is 15.4. The molecule has 0 saturated heterocycles. The summed E-state index contributed by atoms with van der Waals surface area (Å²) in [6, 6.07) is 3.90. The van der Waals surface area contributed by atoms with Gasteiger partial charge in [0.1, 0.15) is 0 Å². The number of anilines is 1. The summed E-state index contributed by atoms with van der Waals surface area (Å²) < 4.78 is 1.83. The van der Waals surface area contributed by atoms with E-state index in [1.165, 1.54) is 0 Å². The second kappa shape index (κ2) is 6.21. The van der Waals surface area contributed by atoms with Crippen LogP contribution in [0.2, 0.25) is 0 Å². The van der Waals surface area contributed by atoms with Crippen LogP contribution in [0.15, 0.2) is 36.8 Å². The highest BCUT2D eigenvalue weighted by Crippen LogP contribution is 2.24. The summed E-state index contributed by atoms with van der Waals surface area (Å²) in [5, 5.41) is 7.56. The normalized spacial score (nSPS) is 11.5. The van der Waals surface area contributed by atoms with Crippen LogP contribution < -0.4 is 10.6 Å². The monoisotopic (exact) mass is 284 g/mol. The molecule has 2 rings (SSSR count). The minimum Gasteiger partial charge on any atom is -0.381 e. The number of pyridine rings is 1. The van der Waals surface area contributed by atoms with Gasteiger partial charge in [-0.05, 0) is 18.6 Å². The molecule has 0 aromatic carbocycles. The molecule has 2 aromatic rings. The Kier molecular flexibility index (Phi) is 4.37. The van der Waals surface area contributed by atoms with Crippen molar-refractivity contribution in [1.29, 1.82) is 5.41 Å². The van der Waals surface area contributed by atoms with Crippen molar-refractivity contribution in [2.24, 2.45) is 12.8 Å². The Morgan fingerprint density at radius 1 is 1.48 bits per heavy atom. The standard InChI is InChI=1S/C15H20N6/c1-4-6-12(20(2)11-7-5-8-18-9-11)13-10-19-15(14(16)17)21(13)3/h5-10H,4H2,1-3H3,(H3,16,17). The zero-order valence-electron chi connectivity index (χ0n) is 12.5. The second-order valence-electron chi connectivity index (χ2n) is 4.71. The van der Waals surface area contributed by atoms with Gasteiger partial charge in [0.15, 0.2) is 11.7 Å². The van der Waals surface area contributed by atoms with Gasteiger partial charge in [-0.1, -0.05) is 13.0 Å². The van der Waals surface area contributed by atoms with Crippen molar-refractivity contribution in [2.45, 2.75) is 13.3 Å². The fourth-order valence-electron chi connectivity index (χ4n) is 2.20. The average molecular weight is 284 g/mol. The van der Waals surface area contributed by atoms with Crippen LogP contribution in [0.1, 0.15) is 24.9 Å². The van der Waals surface area contributed by atoms with Crippen molar-refractivity contribution in [2.75, 3.05) is 11.9 Å². The number of hydrogen-bond donors (Lipinski definition) is 2. The van der Waals surface area contributed by atoms with Crippen LogP contribution in [-0.2, 0) is 7.05 Å². The predicted octanol–water partition coefficient (Wildman–Crippen LogP) is 1.99. The zero-order valence-corrected chi connectivity index (χ0v) is 12.5. The van der Waals surface area contributed by atoms with E-state index in [1.807, 2.05) is 37.0 Å². The second-order valence-corrected chi connectivity index (χ2v) is 4.71. The first kappa shape index (κ1) is 14.8. The Labute approximate surface area is 124 Å². The largest absolute Gasteiger partial charge is 0.381 e. The highest BCUT2D eigenvalue weighted by Gasteiger charge is 2.16. The van der Waals surface area contributed by atoms with Crippen molar-refractivity contribution in [3.05, 3.63) is 48.3 Å². The Morgan fingerprint density at radius 3 is 2.76 bits per heavy atom. The lowest BCUT2D eigenvalue weighted by molar-refractivity contribution is 0.871.